The van der Waals surface area contributed by atoms with Gasteiger partial charge in [0.05, 0.1) is 10.6 Å². The Kier molecular flexibility index (Phi) is 4.52. The van der Waals surface area contributed by atoms with Crippen LogP contribution in [0.25, 0.3) is 16.4 Å². The first-order chi connectivity index (χ1) is 12.6. The predicted octanol–water partition coefficient (Wildman–Crippen LogP) is 2.57. The van der Waals surface area contributed by atoms with Crippen LogP contribution in [0.3, 0.4) is 0 Å². The summed E-state index contributed by atoms with van der Waals surface area (Å²) in [4.78, 5) is 20.0. The number of aromatic nitrogens is 3. The summed E-state index contributed by atoms with van der Waals surface area (Å²) in [6.07, 6.45) is 0. The molecule has 0 spiro atoms. The molecule has 3 heterocycles. The van der Waals surface area contributed by atoms with E-state index in [1.165, 1.54) is 28.2 Å². The Balaban J connectivity index is 1.75. The number of thiophene rings is 1. The van der Waals surface area contributed by atoms with E-state index in [4.69, 9.17) is 0 Å². The molecule has 26 heavy (non-hydrogen) atoms. The molecule has 1 fully saturated rings. The topological polar surface area (TPSA) is 63.1 Å². The van der Waals surface area contributed by atoms with Gasteiger partial charge in [-0.25, -0.2) is 14.1 Å². The van der Waals surface area contributed by atoms with E-state index in [1.54, 1.807) is 17.0 Å². The number of nitrogens with one attached hydrogen (secondary N) is 1. The van der Waals surface area contributed by atoms with Crippen molar-refractivity contribution in [3.8, 4) is 16.4 Å². The van der Waals surface area contributed by atoms with Crippen LogP contribution in [0.15, 0.2) is 41.8 Å². The van der Waals surface area contributed by atoms with Crippen LogP contribution in [0.2, 0.25) is 0 Å². The van der Waals surface area contributed by atoms with Gasteiger partial charge in [-0.1, -0.05) is 12.1 Å². The lowest BCUT2D eigenvalue weighted by Gasteiger charge is -2.30. The quantitative estimate of drug-likeness (QED) is 0.769. The van der Waals surface area contributed by atoms with E-state index >= 15 is 0 Å². The van der Waals surface area contributed by atoms with Crippen LogP contribution in [0.5, 0.6) is 0 Å². The molecule has 134 valence electrons. The van der Waals surface area contributed by atoms with Gasteiger partial charge >= 0.3 is 0 Å². The zero-order valence-electron chi connectivity index (χ0n) is 14.2. The molecule has 4 rings (SSSR count). The number of carbonyl (C=O) groups excluding carboxylic acids is 1. The third kappa shape index (κ3) is 3.25. The molecule has 1 aliphatic rings. The highest BCUT2D eigenvalue weighted by atomic mass is 32.1. The molecule has 0 aliphatic carbocycles. The van der Waals surface area contributed by atoms with Gasteiger partial charge in [0.15, 0.2) is 5.82 Å². The predicted molar refractivity (Wildman–Crippen MR) is 98.0 cm³/mol. The molecule has 6 nitrogen and oxygen atoms in total. The monoisotopic (exact) mass is 371 g/mol. The first kappa shape index (κ1) is 16.9. The first-order valence-electron chi connectivity index (χ1n) is 8.41. The average molecular weight is 371 g/mol. The third-order valence-corrected chi connectivity index (χ3v) is 5.11. The van der Waals surface area contributed by atoms with Crippen molar-refractivity contribution in [3.05, 3.63) is 53.4 Å². The standard InChI is InChI=1S/C18H18FN5OS/c1-12-11-23(8-7-20-12)18(25)16-21-17(15-6-3-9-26-15)24(22-16)14-5-2-4-13(19)10-14/h2-6,9-10,12,20H,7-8,11H2,1H3. The molecule has 1 amide bonds. The summed E-state index contributed by atoms with van der Waals surface area (Å²) >= 11 is 1.50. The Bertz CT molecular complexity index is 924. The second-order valence-corrected chi connectivity index (χ2v) is 7.18. The average Bonchev–Trinajstić information content (AvgIpc) is 3.30. The molecule has 2 aromatic heterocycles. The highest BCUT2D eigenvalue weighted by Crippen LogP contribution is 2.26. The molecule has 8 heteroatoms. The molecule has 0 saturated carbocycles. The Morgan fingerprint density at radius 3 is 2.96 bits per heavy atom. The minimum atomic E-state index is -0.362. The summed E-state index contributed by atoms with van der Waals surface area (Å²) < 4.78 is 15.2. The summed E-state index contributed by atoms with van der Waals surface area (Å²) in [7, 11) is 0. The minimum absolute atomic E-state index is 0.131. The maximum Gasteiger partial charge on any atom is 0.293 e. The molecule has 1 unspecified atom stereocenters. The molecule has 0 radical (unpaired) electrons. The van der Waals surface area contributed by atoms with Gasteiger partial charge in [0.1, 0.15) is 5.82 Å². The van der Waals surface area contributed by atoms with Crippen LogP contribution in [0.4, 0.5) is 4.39 Å². The van der Waals surface area contributed by atoms with E-state index in [0.29, 0.717) is 24.6 Å². The minimum Gasteiger partial charge on any atom is -0.333 e. The number of nitrogens with zero attached hydrogens (tertiary/aromatic N) is 4. The first-order valence-corrected chi connectivity index (χ1v) is 9.29. The van der Waals surface area contributed by atoms with Crippen LogP contribution in [0, 0.1) is 5.82 Å². The van der Waals surface area contributed by atoms with Gasteiger partial charge in [0.2, 0.25) is 5.82 Å². The van der Waals surface area contributed by atoms with E-state index < -0.39 is 0 Å². The number of benzene rings is 1. The normalized spacial score (nSPS) is 17.5. The molecule has 1 N–H and O–H groups in total. The number of piperazine rings is 1. The number of halogens is 1. The molecular formula is C18H18FN5OS. The Labute approximate surface area is 154 Å². The molecule has 1 atom stereocenters. The fourth-order valence-electron chi connectivity index (χ4n) is 3.01. The fourth-order valence-corrected chi connectivity index (χ4v) is 3.71. The second kappa shape index (κ2) is 6.97. The van der Waals surface area contributed by atoms with Gasteiger partial charge < -0.3 is 10.2 Å². The zero-order chi connectivity index (χ0) is 18.1. The Morgan fingerprint density at radius 1 is 1.35 bits per heavy atom. The van der Waals surface area contributed by atoms with E-state index in [2.05, 4.69) is 15.4 Å². The van der Waals surface area contributed by atoms with Crippen LogP contribution < -0.4 is 5.32 Å². The Morgan fingerprint density at radius 2 is 2.23 bits per heavy atom. The smallest absolute Gasteiger partial charge is 0.293 e. The zero-order valence-corrected chi connectivity index (χ0v) is 15.0. The second-order valence-electron chi connectivity index (χ2n) is 6.23. The maximum absolute atomic E-state index is 13.7. The molecule has 1 aliphatic heterocycles. The molecule has 1 aromatic carbocycles. The van der Waals surface area contributed by atoms with Crippen molar-refractivity contribution >= 4 is 17.2 Å². The molecule has 1 saturated heterocycles. The number of hydrogen-bond acceptors (Lipinski definition) is 5. The third-order valence-electron chi connectivity index (χ3n) is 4.25. The maximum atomic E-state index is 13.7. The summed E-state index contributed by atoms with van der Waals surface area (Å²) in [6.45, 7) is 4.01. The van der Waals surface area contributed by atoms with Gasteiger partial charge in [-0.05, 0) is 36.6 Å². The van der Waals surface area contributed by atoms with Gasteiger partial charge in [0.25, 0.3) is 5.91 Å². The summed E-state index contributed by atoms with van der Waals surface area (Å²) in [5, 5.41) is 9.65. The van der Waals surface area contributed by atoms with Crippen molar-refractivity contribution in [2.75, 3.05) is 19.6 Å². The van der Waals surface area contributed by atoms with Crippen molar-refractivity contribution in [1.29, 1.82) is 0 Å². The molecule has 3 aromatic rings. The summed E-state index contributed by atoms with van der Waals surface area (Å²) in [5.41, 5.74) is 0.536. The van der Waals surface area contributed by atoms with Crippen LogP contribution >= 0.6 is 11.3 Å². The van der Waals surface area contributed by atoms with Gasteiger partial charge in [-0.2, -0.15) is 0 Å². The van der Waals surface area contributed by atoms with Gasteiger partial charge in [-0.15, -0.1) is 16.4 Å². The van der Waals surface area contributed by atoms with Crippen molar-refractivity contribution in [1.82, 2.24) is 25.0 Å². The van der Waals surface area contributed by atoms with Crippen LogP contribution in [-0.2, 0) is 0 Å². The van der Waals surface area contributed by atoms with Crippen molar-refractivity contribution in [2.45, 2.75) is 13.0 Å². The molecular weight excluding hydrogens is 353 g/mol. The Hall–Kier alpha value is -2.58. The molecule has 0 bridgehead atoms. The van der Waals surface area contributed by atoms with E-state index in [-0.39, 0.29) is 23.6 Å². The van der Waals surface area contributed by atoms with E-state index in [9.17, 15) is 9.18 Å². The lowest BCUT2D eigenvalue weighted by Crippen LogP contribution is -2.51. The highest BCUT2D eigenvalue weighted by molar-refractivity contribution is 7.13. The van der Waals surface area contributed by atoms with Crippen LogP contribution in [-0.4, -0.2) is 51.2 Å². The van der Waals surface area contributed by atoms with E-state index in [1.807, 2.05) is 24.4 Å². The van der Waals surface area contributed by atoms with Crippen molar-refractivity contribution < 1.29 is 9.18 Å². The number of hydrogen-bond donors (Lipinski definition) is 1. The SMILES string of the molecule is CC1CN(C(=O)c2nc(-c3cccs3)n(-c3cccc(F)c3)n2)CCN1. The lowest BCUT2D eigenvalue weighted by molar-refractivity contribution is 0.0697. The highest BCUT2D eigenvalue weighted by Gasteiger charge is 2.26. The number of carbonyl (C=O) groups is 1. The summed E-state index contributed by atoms with van der Waals surface area (Å²) in [6, 6.07) is 10.2. The summed E-state index contributed by atoms with van der Waals surface area (Å²) in [5.74, 6) is 0.106. The van der Waals surface area contributed by atoms with Gasteiger partial charge in [0, 0.05) is 25.7 Å². The largest absolute Gasteiger partial charge is 0.333 e. The lowest BCUT2D eigenvalue weighted by atomic mass is 10.2. The number of rotatable bonds is 3. The number of amides is 1. The van der Waals surface area contributed by atoms with Crippen LogP contribution in [0.1, 0.15) is 17.5 Å². The van der Waals surface area contributed by atoms with Gasteiger partial charge in [-0.3, -0.25) is 4.79 Å². The van der Waals surface area contributed by atoms with Crippen molar-refractivity contribution in [2.24, 2.45) is 0 Å². The van der Waals surface area contributed by atoms with Crippen molar-refractivity contribution in [3.63, 3.8) is 0 Å². The van der Waals surface area contributed by atoms with E-state index in [0.717, 1.165) is 11.4 Å². The fraction of sp³-hybridized carbons (Fsp3) is 0.278.